The van der Waals surface area contributed by atoms with Crippen LogP contribution in [0.2, 0.25) is 0 Å². The molecule has 15 heavy (non-hydrogen) atoms. The number of nitrogens with zero attached hydrogens (tertiary/aromatic N) is 1. The molecule has 0 aromatic heterocycles. The quantitative estimate of drug-likeness (QED) is 0.694. The first-order chi connectivity index (χ1) is 7.15. The predicted octanol–water partition coefficient (Wildman–Crippen LogP) is 0.0523. The molecule has 0 aromatic rings. The van der Waals surface area contributed by atoms with Gasteiger partial charge in [-0.1, -0.05) is 0 Å². The molecule has 2 atom stereocenters. The molecule has 1 fully saturated rings. The second-order valence-corrected chi connectivity index (χ2v) is 4.44. The van der Waals surface area contributed by atoms with Gasteiger partial charge < -0.3 is 15.5 Å². The van der Waals surface area contributed by atoms with Crippen LogP contribution in [-0.4, -0.2) is 50.6 Å². The van der Waals surface area contributed by atoms with Gasteiger partial charge in [0.1, 0.15) is 0 Å². The summed E-state index contributed by atoms with van der Waals surface area (Å²) in [5.41, 5.74) is 0. The van der Waals surface area contributed by atoms with Crippen LogP contribution in [0.3, 0.4) is 0 Å². The van der Waals surface area contributed by atoms with Crippen molar-refractivity contribution in [2.24, 2.45) is 5.92 Å². The number of hydrogen-bond donors (Lipinski definition) is 2. The molecule has 0 spiro atoms. The number of carbonyl (C=O) groups excluding carboxylic acids is 1. The molecule has 1 aliphatic rings. The van der Waals surface area contributed by atoms with Crippen LogP contribution < -0.4 is 10.6 Å². The number of piperidine rings is 1. The Hall–Kier alpha value is -0.610. The van der Waals surface area contributed by atoms with Crippen molar-refractivity contribution in [3.63, 3.8) is 0 Å². The van der Waals surface area contributed by atoms with Crippen molar-refractivity contribution in [2.75, 3.05) is 33.7 Å². The van der Waals surface area contributed by atoms with Gasteiger partial charge in [-0.2, -0.15) is 0 Å². The van der Waals surface area contributed by atoms with Gasteiger partial charge in [0, 0.05) is 32.1 Å². The summed E-state index contributed by atoms with van der Waals surface area (Å²) in [7, 11) is 3.80. The van der Waals surface area contributed by atoms with Crippen molar-refractivity contribution < 1.29 is 4.79 Å². The second kappa shape index (κ2) is 6.08. The minimum Gasteiger partial charge on any atom is -0.344 e. The Bertz CT molecular complexity index is 208. The third kappa shape index (κ3) is 3.80. The summed E-state index contributed by atoms with van der Waals surface area (Å²) in [5.74, 6) is 0.529. The Morgan fingerprint density at radius 3 is 2.93 bits per heavy atom. The first-order valence-electron chi connectivity index (χ1n) is 5.78. The van der Waals surface area contributed by atoms with Gasteiger partial charge in [-0.3, -0.25) is 4.79 Å². The van der Waals surface area contributed by atoms with E-state index in [1.807, 2.05) is 19.0 Å². The van der Waals surface area contributed by atoms with Crippen molar-refractivity contribution in [3.05, 3.63) is 0 Å². The van der Waals surface area contributed by atoms with Crippen LogP contribution in [0.1, 0.15) is 19.8 Å². The average molecular weight is 213 g/mol. The number of carbonyl (C=O) groups is 1. The van der Waals surface area contributed by atoms with Gasteiger partial charge >= 0.3 is 0 Å². The van der Waals surface area contributed by atoms with Crippen LogP contribution in [0, 0.1) is 5.92 Å². The Balaban J connectivity index is 2.37. The highest BCUT2D eigenvalue weighted by Crippen LogP contribution is 2.17. The second-order valence-electron chi connectivity index (χ2n) is 4.44. The highest BCUT2D eigenvalue weighted by Gasteiger charge is 2.26. The van der Waals surface area contributed by atoms with Crippen LogP contribution in [-0.2, 0) is 4.79 Å². The van der Waals surface area contributed by atoms with Crippen molar-refractivity contribution in [1.29, 1.82) is 0 Å². The van der Waals surface area contributed by atoms with Gasteiger partial charge in [0.25, 0.3) is 0 Å². The molecule has 0 aliphatic carbocycles. The number of nitrogens with one attached hydrogen (secondary N) is 2. The summed E-state index contributed by atoms with van der Waals surface area (Å²) in [4.78, 5) is 13.9. The molecule has 0 bridgehead atoms. The van der Waals surface area contributed by atoms with Crippen LogP contribution in [0.15, 0.2) is 0 Å². The maximum Gasteiger partial charge on any atom is 0.225 e. The molecule has 0 radical (unpaired) electrons. The lowest BCUT2D eigenvalue weighted by molar-refractivity contribution is -0.135. The van der Waals surface area contributed by atoms with E-state index in [9.17, 15) is 4.79 Å². The predicted molar refractivity (Wildman–Crippen MR) is 61.8 cm³/mol. The van der Waals surface area contributed by atoms with Crippen molar-refractivity contribution in [2.45, 2.75) is 25.8 Å². The number of likely N-dealkylation sites (N-methyl/N-ethyl adjacent to an activating group) is 2. The van der Waals surface area contributed by atoms with Crippen molar-refractivity contribution in [1.82, 2.24) is 15.5 Å². The molecule has 0 aromatic carbocycles. The number of hydrogen-bond acceptors (Lipinski definition) is 3. The average Bonchev–Trinajstić information content (AvgIpc) is 2.24. The highest BCUT2D eigenvalue weighted by molar-refractivity contribution is 5.78. The molecule has 1 rings (SSSR count). The molecule has 4 nitrogen and oxygen atoms in total. The SMILES string of the molecule is CNCCN(C)C(=O)C1CCNC(C)C1. The van der Waals surface area contributed by atoms with E-state index >= 15 is 0 Å². The zero-order chi connectivity index (χ0) is 11.3. The van der Waals surface area contributed by atoms with Crippen LogP contribution in [0.5, 0.6) is 0 Å². The molecule has 4 heteroatoms. The van der Waals surface area contributed by atoms with E-state index in [0.717, 1.165) is 32.5 Å². The maximum atomic E-state index is 12.0. The lowest BCUT2D eigenvalue weighted by Gasteiger charge is -2.30. The lowest BCUT2D eigenvalue weighted by atomic mass is 9.92. The lowest BCUT2D eigenvalue weighted by Crippen LogP contribution is -2.44. The minimum atomic E-state index is 0.225. The van der Waals surface area contributed by atoms with E-state index in [1.165, 1.54) is 0 Å². The Morgan fingerprint density at radius 1 is 1.60 bits per heavy atom. The molecule has 0 saturated carbocycles. The van der Waals surface area contributed by atoms with Gasteiger partial charge in [0.15, 0.2) is 0 Å². The summed E-state index contributed by atoms with van der Waals surface area (Å²) < 4.78 is 0. The Labute approximate surface area is 92.4 Å². The number of rotatable bonds is 4. The zero-order valence-corrected chi connectivity index (χ0v) is 10.0. The first-order valence-corrected chi connectivity index (χ1v) is 5.78. The summed E-state index contributed by atoms with van der Waals surface area (Å²) in [6.45, 7) is 4.78. The molecule has 1 saturated heterocycles. The van der Waals surface area contributed by atoms with E-state index in [4.69, 9.17) is 0 Å². The molecule has 1 heterocycles. The standard InChI is InChI=1S/C11H23N3O/c1-9-8-10(4-5-13-9)11(15)14(3)7-6-12-2/h9-10,12-13H,4-8H2,1-3H3. The van der Waals surface area contributed by atoms with Crippen LogP contribution >= 0.6 is 0 Å². The normalized spacial score (nSPS) is 26.3. The Morgan fingerprint density at radius 2 is 2.33 bits per heavy atom. The molecule has 2 unspecified atom stereocenters. The van der Waals surface area contributed by atoms with E-state index in [0.29, 0.717) is 11.9 Å². The fourth-order valence-electron chi connectivity index (χ4n) is 2.06. The summed E-state index contributed by atoms with van der Waals surface area (Å²) in [5, 5.41) is 6.42. The van der Waals surface area contributed by atoms with E-state index in [-0.39, 0.29) is 5.92 Å². The summed E-state index contributed by atoms with van der Waals surface area (Å²) >= 11 is 0. The van der Waals surface area contributed by atoms with Crippen molar-refractivity contribution >= 4 is 5.91 Å². The van der Waals surface area contributed by atoms with E-state index in [2.05, 4.69) is 17.6 Å². The largest absolute Gasteiger partial charge is 0.344 e. The summed E-state index contributed by atoms with van der Waals surface area (Å²) in [6, 6.07) is 0.477. The third-order valence-corrected chi connectivity index (χ3v) is 3.05. The van der Waals surface area contributed by atoms with Gasteiger partial charge in [0.05, 0.1) is 0 Å². The van der Waals surface area contributed by atoms with Gasteiger partial charge in [0.2, 0.25) is 5.91 Å². The molecule has 1 amide bonds. The molecular formula is C11H23N3O. The monoisotopic (exact) mass is 213 g/mol. The molecular weight excluding hydrogens is 190 g/mol. The van der Waals surface area contributed by atoms with Gasteiger partial charge in [-0.05, 0) is 33.4 Å². The highest BCUT2D eigenvalue weighted by atomic mass is 16.2. The van der Waals surface area contributed by atoms with Crippen LogP contribution in [0.4, 0.5) is 0 Å². The van der Waals surface area contributed by atoms with E-state index in [1.54, 1.807) is 0 Å². The summed E-state index contributed by atoms with van der Waals surface area (Å²) in [6.07, 6.45) is 1.95. The fraction of sp³-hybridized carbons (Fsp3) is 0.909. The molecule has 1 aliphatic heterocycles. The fourth-order valence-corrected chi connectivity index (χ4v) is 2.06. The minimum absolute atomic E-state index is 0.225. The van der Waals surface area contributed by atoms with Gasteiger partial charge in [-0.15, -0.1) is 0 Å². The third-order valence-electron chi connectivity index (χ3n) is 3.05. The number of amides is 1. The maximum absolute atomic E-state index is 12.0. The Kier molecular flexibility index (Phi) is 5.05. The first kappa shape index (κ1) is 12.5. The molecule has 2 N–H and O–H groups in total. The smallest absolute Gasteiger partial charge is 0.225 e. The van der Waals surface area contributed by atoms with Crippen LogP contribution in [0.25, 0.3) is 0 Å². The van der Waals surface area contributed by atoms with Crippen molar-refractivity contribution in [3.8, 4) is 0 Å². The van der Waals surface area contributed by atoms with Gasteiger partial charge in [-0.25, -0.2) is 0 Å². The zero-order valence-electron chi connectivity index (χ0n) is 10.0. The molecule has 88 valence electrons. The topological polar surface area (TPSA) is 44.4 Å². The van der Waals surface area contributed by atoms with E-state index < -0.39 is 0 Å².